The standard InChI is InChI=1S/C20H30N4O2/c1-2-24-16-19(25)22-20(24)21-10-7-13-26-18-9-6-8-17(14-18)15-23-11-4-3-5-12-23/h6,8-9,14H,2-5,7,10-13,15-16H2,1H3,(H,21,22,25). The summed E-state index contributed by atoms with van der Waals surface area (Å²) in [5.41, 5.74) is 1.32. The Kier molecular flexibility index (Phi) is 6.89. The summed E-state index contributed by atoms with van der Waals surface area (Å²) < 4.78 is 5.90. The Labute approximate surface area is 156 Å². The molecule has 0 spiro atoms. The molecule has 0 aromatic heterocycles. The molecule has 1 saturated heterocycles. The minimum atomic E-state index is -0.0730. The molecule has 2 aliphatic rings. The van der Waals surface area contributed by atoms with Gasteiger partial charge in [0.2, 0.25) is 5.96 Å². The van der Waals surface area contributed by atoms with Crippen LogP contribution in [0.1, 0.15) is 38.2 Å². The molecule has 1 N–H and O–H groups in total. The Morgan fingerprint density at radius 3 is 2.88 bits per heavy atom. The van der Waals surface area contributed by atoms with Crippen LogP contribution in [0.5, 0.6) is 5.75 Å². The van der Waals surface area contributed by atoms with Gasteiger partial charge in [-0.05, 0) is 57.0 Å². The van der Waals surface area contributed by atoms with Crippen LogP contribution in [0.15, 0.2) is 29.3 Å². The summed E-state index contributed by atoms with van der Waals surface area (Å²) in [6, 6.07) is 8.43. The Balaban J connectivity index is 1.37. The quantitative estimate of drug-likeness (QED) is 0.723. The Hall–Kier alpha value is -2.08. The van der Waals surface area contributed by atoms with Crippen molar-refractivity contribution >= 4 is 11.9 Å². The molecule has 142 valence electrons. The Bertz CT molecular complexity index is 626. The third-order valence-corrected chi connectivity index (χ3v) is 4.86. The van der Waals surface area contributed by atoms with Crippen molar-refractivity contribution in [3.8, 4) is 5.75 Å². The fourth-order valence-corrected chi connectivity index (χ4v) is 3.45. The predicted octanol–water partition coefficient (Wildman–Crippen LogP) is 2.25. The first-order chi connectivity index (χ1) is 12.7. The molecule has 2 heterocycles. The number of carbonyl (C=O) groups excluding carboxylic acids is 1. The minimum Gasteiger partial charge on any atom is -0.494 e. The molecule has 0 saturated carbocycles. The van der Waals surface area contributed by atoms with Gasteiger partial charge < -0.3 is 15.0 Å². The van der Waals surface area contributed by atoms with Gasteiger partial charge in [-0.25, -0.2) is 0 Å². The molecule has 2 aliphatic heterocycles. The van der Waals surface area contributed by atoms with Crippen LogP contribution in [0.4, 0.5) is 0 Å². The maximum Gasteiger partial charge on any atom is 0.268 e. The van der Waals surface area contributed by atoms with E-state index >= 15 is 0 Å². The molecule has 1 aromatic carbocycles. The van der Waals surface area contributed by atoms with Gasteiger partial charge in [-0.3, -0.25) is 9.69 Å². The summed E-state index contributed by atoms with van der Waals surface area (Å²) in [7, 11) is 0. The highest BCUT2D eigenvalue weighted by Gasteiger charge is 2.20. The lowest BCUT2D eigenvalue weighted by atomic mass is 10.1. The van der Waals surface area contributed by atoms with Crippen LogP contribution in [0.25, 0.3) is 0 Å². The number of amides is 1. The lowest BCUT2D eigenvalue weighted by molar-refractivity contribution is -0.117. The highest BCUT2D eigenvalue weighted by atomic mass is 16.5. The van der Waals surface area contributed by atoms with Crippen LogP contribution < -0.4 is 10.1 Å². The predicted molar refractivity (Wildman–Crippen MR) is 103 cm³/mol. The van der Waals surface area contributed by atoms with Gasteiger partial charge in [0.05, 0.1) is 6.61 Å². The number of nitrogens with zero attached hydrogens (tertiary/aromatic N) is 3. The van der Waals surface area contributed by atoms with Crippen molar-refractivity contribution in [1.82, 2.24) is 15.1 Å². The molecule has 0 bridgehead atoms. The second kappa shape index (κ2) is 9.57. The SMILES string of the molecule is CCN1CC(=O)N=C1NCCCOc1cccc(CN2CCCCC2)c1. The summed E-state index contributed by atoms with van der Waals surface area (Å²) in [4.78, 5) is 19.9. The Morgan fingerprint density at radius 2 is 2.08 bits per heavy atom. The van der Waals surface area contributed by atoms with E-state index in [1.54, 1.807) is 0 Å². The Morgan fingerprint density at radius 1 is 1.23 bits per heavy atom. The second-order valence-electron chi connectivity index (χ2n) is 6.96. The zero-order valence-corrected chi connectivity index (χ0v) is 15.7. The average molecular weight is 358 g/mol. The largest absolute Gasteiger partial charge is 0.494 e. The van der Waals surface area contributed by atoms with Crippen molar-refractivity contribution in [2.24, 2.45) is 4.99 Å². The number of rotatable bonds is 8. The molecule has 0 radical (unpaired) electrons. The lowest BCUT2D eigenvalue weighted by Crippen LogP contribution is -2.39. The first kappa shape index (κ1) is 18.7. The zero-order valence-electron chi connectivity index (χ0n) is 15.7. The van der Waals surface area contributed by atoms with Crippen LogP contribution in [-0.2, 0) is 11.3 Å². The number of likely N-dealkylation sites (tertiary alicyclic amines) is 1. The summed E-state index contributed by atoms with van der Waals surface area (Å²) >= 11 is 0. The van der Waals surface area contributed by atoms with E-state index in [0.29, 0.717) is 19.1 Å². The number of likely N-dealkylation sites (N-methyl/N-ethyl adjacent to an activating group) is 1. The fourth-order valence-electron chi connectivity index (χ4n) is 3.45. The van der Waals surface area contributed by atoms with Gasteiger partial charge >= 0.3 is 0 Å². The molecule has 1 fully saturated rings. The monoisotopic (exact) mass is 358 g/mol. The smallest absolute Gasteiger partial charge is 0.268 e. The van der Waals surface area contributed by atoms with E-state index in [-0.39, 0.29) is 5.91 Å². The molecular formula is C20H30N4O2. The van der Waals surface area contributed by atoms with Gasteiger partial charge in [0.25, 0.3) is 5.91 Å². The average Bonchev–Trinajstić information content (AvgIpc) is 3.02. The first-order valence-electron chi connectivity index (χ1n) is 9.79. The van der Waals surface area contributed by atoms with E-state index in [2.05, 4.69) is 33.4 Å². The van der Waals surface area contributed by atoms with Crippen molar-refractivity contribution < 1.29 is 9.53 Å². The van der Waals surface area contributed by atoms with Gasteiger partial charge in [0.1, 0.15) is 12.3 Å². The number of carbonyl (C=O) groups is 1. The second-order valence-corrected chi connectivity index (χ2v) is 6.96. The molecule has 1 amide bonds. The number of hydrogen-bond acceptors (Lipinski definition) is 5. The van der Waals surface area contributed by atoms with Crippen LogP contribution >= 0.6 is 0 Å². The molecular weight excluding hydrogens is 328 g/mol. The number of guanidine groups is 1. The molecule has 1 aromatic rings. The highest BCUT2D eigenvalue weighted by Crippen LogP contribution is 2.17. The van der Waals surface area contributed by atoms with E-state index in [0.717, 1.165) is 31.8 Å². The van der Waals surface area contributed by atoms with Gasteiger partial charge in [-0.2, -0.15) is 4.99 Å². The fraction of sp³-hybridized carbons (Fsp3) is 0.600. The van der Waals surface area contributed by atoms with Gasteiger partial charge in [0, 0.05) is 19.6 Å². The minimum absolute atomic E-state index is 0.0730. The van der Waals surface area contributed by atoms with Crippen LogP contribution in [0, 0.1) is 0 Å². The molecule has 6 nitrogen and oxygen atoms in total. The zero-order chi connectivity index (χ0) is 18.2. The van der Waals surface area contributed by atoms with Crippen LogP contribution in [0.3, 0.4) is 0 Å². The highest BCUT2D eigenvalue weighted by molar-refractivity contribution is 6.00. The summed E-state index contributed by atoms with van der Waals surface area (Å²) in [5, 5.41) is 3.23. The normalized spacial score (nSPS) is 18.1. The van der Waals surface area contributed by atoms with E-state index in [1.165, 1.54) is 37.9 Å². The molecule has 0 atom stereocenters. The van der Waals surface area contributed by atoms with Crippen molar-refractivity contribution in [1.29, 1.82) is 0 Å². The van der Waals surface area contributed by atoms with Crippen molar-refractivity contribution in [3.05, 3.63) is 29.8 Å². The van der Waals surface area contributed by atoms with Crippen LogP contribution in [0.2, 0.25) is 0 Å². The van der Waals surface area contributed by atoms with Crippen molar-refractivity contribution in [2.45, 2.75) is 39.2 Å². The van der Waals surface area contributed by atoms with E-state index < -0.39 is 0 Å². The van der Waals surface area contributed by atoms with Crippen LogP contribution in [-0.4, -0.2) is 61.0 Å². The summed E-state index contributed by atoms with van der Waals surface area (Å²) in [5.74, 6) is 1.56. The lowest BCUT2D eigenvalue weighted by Gasteiger charge is -2.26. The number of piperidine rings is 1. The number of hydrogen-bond donors (Lipinski definition) is 1. The third-order valence-electron chi connectivity index (χ3n) is 4.86. The van der Waals surface area contributed by atoms with Gasteiger partial charge in [-0.15, -0.1) is 0 Å². The number of aliphatic imine (C=N–C) groups is 1. The van der Waals surface area contributed by atoms with Gasteiger partial charge in [0.15, 0.2) is 0 Å². The third kappa shape index (κ3) is 5.46. The summed E-state index contributed by atoms with van der Waals surface area (Å²) in [6.45, 7) is 8.02. The summed E-state index contributed by atoms with van der Waals surface area (Å²) in [6.07, 6.45) is 4.86. The number of ether oxygens (including phenoxy) is 1. The van der Waals surface area contributed by atoms with E-state index in [1.807, 2.05) is 17.9 Å². The topological polar surface area (TPSA) is 57.2 Å². The molecule has 0 unspecified atom stereocenters. The van der Waals surface area contributed by atoms with Gasteiger partial charge in [-0.1, -0.05) is 18.6 Å². The molecule has 6 heteroatoms. The molecule has 3 rings (SSSR count). The number of nitrogens with one attached hydrogen (secondary N) is 1. The van der Waals surface area contributed by atoms with E-state index in [4.69, 9.17) is 4.74 Å². The maximum absolute atomic E-state index is 11.4. The molecule has 26 heavy (non-hydrogen) atoms. The van der Waals surface area contributed by atoms with Crippen molar-refractivity contribution in [2.75, 3.05) is 39.3 Å². The van der Waals surface area contributed by atoms with E-state index in [9.17, 15) is 4.79 Å². The molecule has 0 aliphatic carbocycles. The van der Waals surface area contributed by atoms with Crippen molar-refractivity contribution in [3.63, 3.8) is 0 Å². The first-order valence-corrected chi connectivity index (χ1v) is 9.79. The maximum atomic E-state index is 11.4. The number of benzene rings is 1.